The summed E-state index contributed by atoms with van der Waals surface area (Å²) in [6.45, 7) is 4.00. The largest absolute Gasteiger partial charge is 0.389 e. The Balaban J connectivity index is 1.79. The van der Waals surface area contributed by atoms with Gasteiger partial charge in [0.15, 0.2) is 5.78 Å². The van der Waals surface area contributed by atoms with Crippen LogP contribution in [0.15, 0.2) is 18.2 Å². The molecule has 2 unspecified atom stereocenters. The van der Waals surface area contributed by atoms with Crippen LogP contribution in [0, 0.1) is 17.3 Å². The highest BCUT2D eigenvalue weighted by Crippen LogP contribution is 2.61. The highest BCUT2D eigenvalue weighted by Gasteiger charge is 2.67. The van der Waals surface area contributed by atoms with Gasteiger partial charge in [-0.15, -0.1) is 0 Å². The molecule has 2 aliphatic carbocycles. The number of methoxy groups -OCH3 is 1. The summed E-state index contributed by atoms with van der Waals surface area (Å²) >= 11 is 5.66. The zero-order valence-corrected chi connectivity index (χ0v) is 19.1. The number of ether oxygens (including phenoxy) is 1. The van der Waals surface area contributed by atoms with E-state index in [-0.39, 0.29) is 35.6 Å². The normalized spacial score (nSPS) is 32.9. The van der Waals surface area contributed by atoms with E-state index in [1.165, 1.54) is 0 Å². The van der Waals surface area contributed by atoms with E-state index in [2.05, 4.69) is 5.32 Å². The molecule has 3 aliphatic rings. The van der Waals surface area contributed by atoms with Gasteiger partial charge in [0, 0.05) is 18.9 Å². The van der Waals surface area contributed by atoms with Gasteiger partial charge >= 0.3 is 6.18 Å². The average Bonchev–Trinajstić information content (AvgIpc) is 3.12. The molecule has 2 atom stereocenters. The number of halogens is 3. The van der Waals surface area contributed by atoms with Crippen LogP contribution in [0.2, 0.25) is 0 Å². The Hall–Kier alpha value is -1.47. The molecule has 7 heteroatoms. The standard InChI is InChI=1S/C24H30F3NO2S/c1-14(2)19-20(29)24(28-21(19)31)18-12-15(6-11-23(25,26)27)4-5-16(18)13-22(24)9-7-17(30-3)8-10-22/h4-5,12,14,17,19H,6-11,13H2,1-3H3,(H,28,31). The van der Waals surface area contributed by atoms with Gasteiger partial charge in [0.2, 0.25) is 0 Å². The molecule has 31 heavy (non-hydrogen) atoms. The maximum absolute atomic E-state index is 14.0. The van der Waals surface area contributed by atoms with Crippen LogP contribution in [-0.4, -0.2) is 30.2 Å². The van der Waals surface area contributed by atoms with Crippen LogP contribution in [0.25, 0.3) is 0 Å². The Morgan fingerprint density at radius 3 is 2.48 bits per heavy atom. The Morgan fingerprint density at radius 1 is 1.26 bits per heavy atom. The van der Waals surface area contributed by atoms with E-state index in [1.54, 1.807) is 13.2 Å². The predicted octanol–water partition coefficient (Wildman–Crippen LogP) is 5.28. The average molecular weight is 454 g/mol. The first kappa shape index (κ1) is 22.7. The highest BCUT2D eigenvalue weighted by molar-refractivity contribution is 7.80. The number of hydrogen-bond acceptors (Lipinski definition) is 3. The molecule has 2 fully saturated rings. The monoisotopic (exact) mass is 453 g/mol. The quantitative estimate of drug-likeness (QED) is 0.630. The minimum atomic E-state index is -4.21. The summed E-state index contributed by atoms with van der Waals surface area (Å²) in [5, 5.41) is 3.48. The first-order valence-electron chi connectivity index (χ1n) is 11.1. The lowest BCUT2D eigenvalue weighted by atomic mass is 9.59. The van der Waals surface area contributed by atoms with Gasteiger partial charge in [0.25, 0.3) is 0 Å². The van der Waals surface area contributed by atoms with Crippen molar-refractivity contribution in [1.29, 1.82) is 0 Å². The van der Waals surface area contributed by atoms with Crippen LogP contribution in [0.3, 0.4) is 0 Å². The molecule has 1 aliphatic heterocycles. The molecule has 170 valence electrons. The van der Waals surface area contributed by atoms with Crippen molar-refractivity contribution in [1.82, 2.24) is 5.32 Å². The molecular formula is C24H30F3NO2S. The minimum absolute atomic E-state index is 0.0664. The van der Waals surface area contributed by atoms with E-state index in [1.807, 2.05) is 26.0 Å². The number of alkyl halides is 3. The van der Waals surface area contributed by atoms with Gasteiger partial charge in [0.1, 0.15) is 5.54 Å². The lowest BCUT2D eigenvalue weighted by Gasteiger charge is -2.47. The summed E-state index contributed by atoms with van der Waals surface area (Å²) in [5.41, 5.74) is 1.25. The molecule has 1 aromatic rings. The lowest BCUT2D eigenvalue weighted by molar-refractivity contribution is -0.134. The Bertz CT molecular complexity index is 889. The zero-order chi connectivity index (χ0) is 22.6. The SMILES string of the molecule is COC1CCC2(CC1)Cc1ccc(CCC(F)(F)F)cc1C21NC(=S)C(C(C)C)C1=O. The van der Waals surface area contributed by atoms with Crippen molar-refractivity contribution in [2.45, 2.75) is 76.6 Å². The third kappa shape index (κ3) is 3.62. The second-order valence-corrected chi connectivity index (χ2v) is 10.3. The van der Waals surface area contributed by atoms with Crippen LogP contribution in [0.4, 0.5) is 13.2 Å². The molecule has 1 saturated heterocycles. The molecule has 1 heterocycles. The van der Waals surface area contributed by atoms with E-state index in [4.69, 9.17) is 17.0 Å². The third-order valence-corrected chi connectivity index (χ3v) is 8.09. The van der Waals surface area contributed by atoms with Gasteiger partial charge in [-0.05, 0) is 61.1 Å². The lowest BCUT2D eigenvalue weighted by Crippen LogP contribution is -2.56. The van der Waals surface area contributed by atoms with Crippen LogP contribution < -0.4 is 5.32 Å². The number of Topliss-reactive ketones (excluding diaryl/α,β-unsaturated/α-hetero) is 1. The van der Waals surface area contributed by atoms with Gasteiger partial charge in [0.05, 0.1) is 17.0 Å². The Kier molecular flexibility index (Phi) is 5.74. The molecule has 0 amide bonds. The number of benzene rings is 1. The van der Waals surface area contributed by atoms with Crippen LogP contribution in [0.1, 0.15) is 62.6 Å². The summed E-state index contributed by atoms with van der Waals surface area (Å²) in [6, 6.07) is 5.56. The van der Waals surface area contributed by atoms with E-state index >= 15 is 0 Å². The summed E-state index contributed by atoms with van der Waals surface area (Å²) in [7, 11) is 1.72. The molecule has 1 saturated carbocycles. The van der Waals surface area contributed by atoms with Crippen LogP contribution in [-0.2, 0) is 27.9 Å². The van der Waals surface area contributed by atoms with Crippen molar-refractivity contribution in [3.63, 3.8) is 0 Å². The molecule has 3 nitrogen and oxygen atoms in total. The minimum Gasteiger partial charge on any atom is -0.381 e. The molecular weight excluding hydrogens is 423 g/mol. The molecule has 4 rings (SSSR count). The molecule has 1 aromatic carbocycles. The number of thiocarbonyl (C=S) groups is 1. The molecule has 0 radical (unpaired) electrons. The summed E-state index contributed by atoms with van der Waals surface area (Å²) in [5.74, 6) is -0.205. The highest BCUT2D eigenvalue weighted by atomic mass is 32.1. The maximum Gasteiger partial charge on any atom is 0.389 e. The van der Waals surface area contributed by atoms with Crippen molar-refractivity contribution < 1.29 is 22.7 Å². The fourth-order valence-corrected chi connectivity index (χ4v) is 6.69. The number of nitrogens with one attached hydrogen (secondary N) is 1. The Morgan fingerprint density at radius 2 is 1.94 bits per heavy atom. The number of hydrogen-bond donors (Lipinski definition) is 1. The number of ketones is 1. The van der Waals surface area contributed by atoms with E-state index in [9.17, 15) is 18.0 Å². The summed E-state index contributed by atoms with van der Waals surface area (Å²) in [6.07, 6.45) is -0.868. The van der Waals surface area contributed by atoms with Crippen molar-refractivity contribution in [2.75, 3.05) is 7.11 Å². The van der Waals surface area contributed by atoms with Gasteiger partial charge in [-0.2, -0.15) is 13.2 Å². The summed E-state index contributed by atoms with van der Waals surface area (Å²) in [4.78, 5) is 14.6. The van der Waals surface area contributed by atoms with Crippen molar-refractivity contribution in [2.24, 2.45) is 17.3 Å². The Labute approximate surface area is 187 Å². The fourth-order valence-electron chi connectivity index (χ4n) is 6.16. The smallest absolute Gasteiger partial charge is 0.381 e. The zero-order valence-electron chi connectivity index (χ0n) is 18.3. The van der Waals surface area contributed by atoms with Crippen LogP contribution in [0.5, 0.6) is 0 Å². The molecule has 2 spiro atoms. The number of carbonyl (C=O) groups is 1. The molecule has 1 N–H and O–H groups in total. The number of aryl methyl sites for hydroxylation is 1. The van der Waals surface area contributed by atoms with Crippen molar-refractivity contribution >= 4 is 23.0 Å². The number of carbonyl (C=O) groups excluding carboxylic acids is 1. The van der Waals surface area contributed by atoms with Crippen LogP contribution >= 0.6 is 12.2 Å². The maximum atomic E-state index is 14.0. The van der Waals surface area contributed by atoms with E-state index in [0.717, 1.165) is 43.2 Å². The van der Waals surface area contributed by atoms with Crippen molar-refractivity contribution in [3.8, 4) is 0 Å². The predicted molar refractivity (Wildman–Crippen MR) is 117 cm³/mol. The van der Waals surface area contributed by atoms with Gasteiger partial charge in [-0.3, -0.25) is 4.79 Å². The van der Waals surface area contributed by atoms with Crippen molar-refractivity contribution in [3.05, 3.63) is 34.9 Å². The summed E-state index contributed by atoms with van der Waals surface area (Å²) < 4.78 is 44.0. The third-order valence-electron chi connectivity index (χ3n) is 7.73. The number of rotatable bonds is 4. The molecule has 0 aromatic heterocycles. The number of fused-ring (bicyclic) bond motifs is 3. The van der Waals surface area contributed by atoms with E-state index in [0.29, 0.717) is 10.6 Å². The van der Waals surface area contributed by atoms with Gasteiger partial charge in [-0.1, -0.05) is 44.3 Å². The topological polar surface area (TPSA) is 38.3 Å². The van der Waals surface area contributed by atoms with E-state index < -0.39 is 18.1 Å². The first-order chi connectivity index (χ1) is 14.5. The molecule has 0 bridgehead atoms. The van der Waals surface area contributed by atoms with Gasteiger partial charge in [-0.25, -0.2) is 0 Å². The first-order valence-corrected chi connectivity index (χ1v) is 11.5. The second kappa shape index (κ2) is 7.84. The fraction of sp³-hybridized carbons (Fsp3) is 0.667. The van der Waals surface area contributed by atoms with Gasteiger partial charge < -0.3 is 10.1 Å². The second-order valence-electron chi connectivity index (χ2n) is 9.82.